The SMILES string of the molecule is C=C1C(=C)C(NC2CCCCC2)=C1Nc1ccccc1F. The summed E-state index contributed by atoms with van der Waals surface area (Å²) in [6, 6.07) is 7.18. The molecule has 0 saturated heterocycles. The molecule has 0 radical (unpaired) electrons. The van der Waals surface area contributed by atoms with Crippen LogP contribution in [0.1, 0.15) is 32.1 Å². The molecule has 0 amide bonds. The van der Waals surface area contributed by atoms with Crippen LogP contribution in [0, 0.1) is 5.82 Å². The first-order valence-electron chi connectivity index (χ1n) is 7.58. The van der Waals surface area contributed by atoms with Crippen molar-refractivity contribution in [2.24, 2.45) is 0 Å². The summed E-state index contributed by atoms with van der Waals surface area (Å²) in [5.74, 6) is -0.257. The van der Waals surface area contributed by atoms with Crippen LogP contribution in [0.5, 0.6) is 0 Å². The van der Waals surface area contributed by atoms with E-state index in [1.165, 1.54) is 38.2 Å². The van der Waals surface area contributed by atoms with E-state index in [-0.39, 0.29) is 5.82 Å². The second kappa shape index (κ2) is 5.76. The molecule has 2 nitrogen and oxygen atoms in total. The number of hydrogen-bond acceptors (Lipinski definition) is 2. The lowest BCUT2D eigenvalue weighted by Crippen LogP contribution is -2.37. The predicted molar refractivity (Wildman–Crippen MR) is 85.3 cm³/mol. The van der Waals surface area contributed by atoms with Crippen molar-refractivity contribution in [2.45, 2.75) is 38.1 Å². The van der Waals surface area contributed by atoms with E-state index >= 15 is 0 Å². The summed E-state index contributed by atoms with van der Waals surface area (Å²) in [5, 5.41) is 6.71. The molecule has 2 N–H and O–H groups in total. The zero-order valence-electron chi connectivity index (χ0n) is 12.2. The van der Waals surface area contributed by atoms with Crippen LogP contribution < -0.4 is 10.6 Å². The molecule has 1 fully saturated rings. The highest BCUT2D eigenvalue weighted by Crippen LogP contribution is 2.37. The van der Waals surface area contributed by atoms with Gasteiger partial charge in [-0.1, -0.05) is 44.6 Å². The third-order valence-corrected chi connectivity index (χ3v) is 4.30. The fourth-order valence-corrected chi connectivity index (χ4v) is 2.99. The molecule has 0 unspecified atom stereocenters. The molecule has 110 valence electrons. The molecular formula is C18H21FN2. The Labute approximate surface area is 125 Å². The Hall–Kier alpha value is -2.03. The maximum atomic E-state index is 13.8. The molecule has 1 saturated carbocycles. The minimum absolute atomic E-state index is 0.257. The van der Waals surface area contributed by atoms with Crippen molar-refractivity contribution in [1.29, 1.82) is 0 Å². The summed E-state index contributed by atoms with van der Waals surface area (Å²) >= 11 is 0. The largest absolute Gasteiger partial charge is 0.380 e. The number of allylic oxidation sites excluding steroid dienone is 2. The molecule has 0 spiro atoms. The number of para-hydroxylation sites is 1. The van der Waals surface area contributed by atoms with E-state index in [0.717, 1.165) is 22.5 Å². The van der Waals surface area contributed by atoms with E-state index < -0.39 is 0 Å². The Kier molecular flexibility index (Phi) is 3.82. The summed E-state index contributed by atoms with van der Waals surface area (Å²) in [6.07, 6.45) is 6.25. The van der Waals surface area contributed by atoms with Gasteiger partial charge in [-0.3, -0.25) is 0 Å². The Morgan fingerprint density at radius 3 is 2.33 bits per heavy atom. The van der Waals surface area contributed by atoms with Gasteiger partial charge in [-0.15, -0.1) is 0 Å². The van der Waals surface area contributed by atoms with Gasteiger partial charge in [-0.2, -0.15) is 0 Å². The van der Waals surface area contributed by atoms with Gasteiger partial charge in [0.15, 0.2) is 0 Å². The Balaban J connectivity index is 1.78. The first-order chi connectivity index (χ1) is 10.2. The summed E-state index contributed by atoms with van der Waals surface area (Å²) in [6.45, 7) is 8.06. The lowest BCUT2D eigenvalue weighted by atomic mass is 9.87. The third-order valence-electron chi connectivity index (χ3n) is 4.30. The van der Waals surface area contributed by atoms with E-state index in [0.29, 0.717) is 11.7 Å². The zero-order valence-corrected chi connectivity index (χ0v) is 12.2. The van der Waals surface area contributed by atoms with Crippen LogP contribution in [0.2, 0.25) is 0 Å². The average molecular weight is 284 g/mol. The van der Waals surface area contributed by atoms with Gasteiger partial charge in [-0.25, -0.2) is 4.39 Å². The van der Waals surface area contributed by atoms with Crippen molar-refractivity contribution in [3.63, 3.8) is 0 Å². The number of benzene rings is 1. The van der Waals surface area contributed by atoms with Gasteiger partial charge >= 0.3 is 0 Å². The fourth-order valence-electron chi connectivity index (χ4n) is 2.99. The minimum Gasteiger partial charge on any atom is -0.380 e. The fraction of sp³-hybridized carbons (Fsp3) is 0.333. The number of hydrogen-bond donors (Lipinski definition) is 2. The normalized spacial score (nSPS) is 19.5. The van der Waals surface area contributed by atoms with Gasteiger partial charge in [-0.05, 0) is 25.0 Å². The van der Waals surface area contributed by atoms with Crippen LogP contribution in [0.4, 0.5) is 10.1 Å². The maximum absolute atomic E-state index is 13.8. The molecule has 0 aliphatic heterocycles. The maximum Gasteiger partial charge on any atom is 0.146 e. The Morgan fingerprint density at radius 2 is 1.62 bits per heavy atom. The average Bonchev–Trinajstić information content (AvgIpc) is 2.53. The van der Waals surface area contributed by atoms with Crippen LogP contribution in [0.15, 0.2) is 60.0 Å². The van der Waals surface area contributed by atoms with Gasteiger partial charge < -0.3 is 10.6 Å². The molecule has 0 bridgehead atoms. The Morgan fingerprint density at radius 1 is 0.952 bits per heavy atom. The van der Waals surface area contributed by atoms with E-state index in [1.54, 1.807) is 12.1 Å². The van der Waals surface area contributed by atoms with Crippen molar-refractivity contribution in [3.8, 4) is 0 Å². The van der Waals surface area contributed by atoms with Crippen molar-refractivity contribution in [3.05, 3.63) is 65.8 Å². The molecule has 0 heterocycles. The standard InChI is InChI=1S/C18H21FN2/c1-12-13(2)18(21-16-11-7-6-10-15(16)19)17(12)20-14-8-4-3-5-9-14/h6-7,10-11,14,20-21H,1-5,8-9H2. The zero-order chi connectivity index (χ0) is 14.8. The number of halogens is 1. The molecule has 0 atom stereocenters. The molecule has 1 aromatic rings. The van der Waals surface area contributed by atoms with Gasteiger partial charge in [0.05, 0.1) is 17.1 Å². The molecule has 2 aliphatic carbocycles. The van der Waals surface area contributed by atoms with Crippen LogP contribution in [0.3, 0.4) is 0 Å². The van der Waals surface area contributed by atoms with Crippen molar-refractivity contribution >= 4 is 5.69 Å². The van der Waals surface area contributed by atoms with Gasteiger partial charge in [0, 0.05) is 17.2 Å². The molecule has 0 aromatic heterocycles. The molecular weight excluding hydrogens is 263 g/mol. The molecule has 3 heteroatoms. The van der Waals surface area contributed by atoms with E-state index in [1.807, 2.05) is 6.07 Å². The van der Waals surface area contributed by atoms with Crippen LogP contribution in [-0.4, -0.2) is 6.04 Å². The van der Waals surface area contributed by atoms with Gasteiger partial charge in [0.1, 0.15) is 5.82 Å². The minimum atomic E-state index is -0.257. The number of anilines is 1. The Bertz CT molecular complexity index is 609. The third kappa shape index (κ3) is 2.73. The molecule has 3 rings (SSSR count). The smallest absolute Gasteiger partial charge is 0.146 e. The predicted octanol–water partition coefficient (Wildman–Crippen LogP) is 4.50. The summed E-state index contributed by atoms with van der Waals surface area (Å²) in [4.78, 5) is 0. The topological polar surface area (TPSA) is 24.1 Å². The first-order valence-corrected chi connectivity index (χ1v) is 7.58. The van der Waals surface area contributed by atoms with Crippen molar-refractivity contribution < 1.29 is 4.39 Å². The van der Waals surface area contributed by atoms with Gasteiger partial charge in [0.25, 0.3) is 0 Å². The van der Waals surface area contributed by atoms with Crippen LogP contribution >= 0.6 is 0 Å². The number of nitrogens with one attached hydrogen (secondary N) is 2. The van der Waals surface area contributed by atoms with Crippen molar-refractivity contribution in [2.75, 3.05) is 5.32 Å². The second-order valence-electron chi connectivity index (χ2n) is 5.79. The molecule has 21 heavy (non-hydrogen) atoms. The molecule has 2 aliphatic rings. The second-order valence-corrected chi connectivity index (χ2v) is 5.79. The monoisotopic (exact) mass is 284 g/mol. The molecule has 1 aromatic carbocycles. The highest BCUT2D eigenvalue weighted by Gasteiger charge is 2.29. The summed E-state index contributed by atoms with van der Waals surface area (Å²) in [7, 11) is 0. The summed E-state index contributed by atoms with van der Waals surface area (Å²) < 4.78 is 13.8. The van der Waals surface area contributed by atoms with Gasteiger partial charge in [0.2, 0.25) is 0 Å². The highest BCUT2D eigenvalue weighted by molar-refractivity contribution is 5.72. The first kappa shape index (κ1) is 13.9. The number of rotatable bonds is 4. The van der Waals surface area contributed by atoms with E-state index in [9.17, 15) is 4.39 Å². The van der Waals surface area contributed by atoms with Crippen LogP contribution in [-0.2, 0) is 0 Å². The lowest BCUT2D eigenvalue weighted by molar-refractivity contribution is 0.396. The highest BCUT2D eigenvalue weighted by atomic mass is 19.1. The van der Waals surface area contributed by atoms with E-state index in [2.05, 4.69) is 23.8 Å². The quantitative estimate of drug-likeness (QED) is 0.850. The van der Waals surface area contributed by atoms with Crippen LogP contribution in [0.25, 0.3) is 0 Å². The van der Waals surface area contributed by atoms with E-state index in [4.69, 9.17) is 0 Å². The lowest BCUT2D eigenvalue weighted by Gasteiger charge is -2.35. The summed E-state index contributed by atoms with van der Waals surface area (Å²) in [5.41, 5.74) is 4.13. The van der Waals surface area contributed by atoms with Crippen molar-refractivity contribution in [1.82, 2.24) is 5.32 Å².